The topological polar surface area (TPSA) is 28.6 Å². The van der Waals surface area contributed by atoms with E-state index in [0.717, 1.165) is 24.7 Å². The second-order valence-corrected chi connectivity index (χ2v) is 6.19. The highest BCUT2D eigenvalue weighted by molar-refractivity contribution is 5.45. The Labute approximate surface area is 153 Å². The van der Waals surface area contributed by atoms with E-state index in [1.807, 2.05) is 4.90 Å². The Morgan fingerprint density at radius 1 is 0.963 bits per heavy atom. The molecule has 0 aliphatic carbocycles. The number of benzene rings is 1. The third-order valence-electron chi connectivity index (χ3n) is 4.33. The minimum Gasteiger partial charge on any atom is -0.435 e. The van der Waals surface area contributed by atoms with Crippen molar-refractivity contribution in [1.82, 2.24) is 9.88 Å². The van der Waals surface area contributed by atoms with E-state index in [1.165, 1.54) is 24.4 Å². The molecular weight excluding hydrogens is 369 g/mol. The van der Waals surface area contributed by atoms with E-state index in [9.17, 15) is 22.0 Å². The number of piperazine rings is 1. The number of rotatable bonds is 5. The molecule has 27 heavy (non-hydrogen) atoms. The Hall–Kier alpha value is -2.42. The quantitative estimate of drug-likeness (QED) is 0.725. The van der Waals surface area contributed by atoms with Crippen molar-refractivity contribution >= 4 is 5.69 Å². The first kappa shape index (κ1) is 19.3. The monoisotopic (exact) mass is 387 g/mol. The fourth-order valence-corrected chi connectivity index (χ4v) is 2.94. The Morgan fingerprint density at radius 3 is 2.15 bits per heavy atom. The zero-order valence-corrected chi connectivity index (χ0v) is 14.3. The molecule has 0 bridgehead atoms. The molecule has 1 saturated heterocycles. The van der Waals surface area contributed by atoms with Crippen LogP contribution in [0.5, 0.6) is 5.75 Å². The molecule has 1 fully saturated rings. The SMILES string of the molecule is FC(F)Oc1ccc(CN2CCN(c3ccc(C(F)(F)F)nc3)CC2)cc1. The molecule has 1 aromatic heterocycles. The maximum absolute atomic E-state index is 12.6. The van der Waals surface area contributed by atoms with Gasteiger partial charge in [0.05, 0.1) is 11.9 Å². The summed E-state index contributed by atoms with van der Waals surface area (Å²) in [5.41, 5.74) is 0.738. The molecule has 146 valence electrons. The molecule has 1 aromatic carbocycles. The summed E-state index contributed by atoms with van der Waals surface area (Å²) in [6, 6.07) is 8.92. The zero-order valence-electron chi connectivity index (χ0n) is 14.3. The summed E-state index contributed by atoms with van der Waals surface area (Å²) >= 11 is 0. The van der Waals surface area contributed by atoms with Crippen molar-refractivity contribution in [2.75, 3.05) is 31.1 Å². The molecule has 0 amide bonds. The molecule has 0 atom stereocenters. The summed E-state index contributed by atoms with van der Waals surface area (Å²) in [6.07, 6.45) is -3.19. The van der Waals surface area contributed by atoms with Gasteiger partial charge >= 0.3 is 12.8 Å². The molecule has 2 heterocycles. The number of pyridine rings is 1. The molecule has 0 unspecified atom stereocenters. The summed E-state index contributed by atoms with van der Waals surface area (Å²) in [7, 11) is 0. The van der Waals surface area contributed by atoms with Gasteiger partial charge in [-0.15, -0.1) is 0 Å². The summed E-state index contributed by atoms with van der Waals surface area (Å²) in [4.78, 5) is 7.68. The lowest BCUT2D eigenvalue weighted by Gasteiger charge is -2.36. The van der Waals surface area contributed by atoms with Crippen LogP contribution in [-0.4, -0.2) is 42.7 Å². The second-order valence-electron chi connectivity index (χ2n) is 6.19. The summed E-state index contributed by atoms with van der Waals surface area (Å²) in [5, 5.41) is 0. The van der Waals surface area contributed by atoms with Crippen LogP contribution in [0.1, 0.15) is 11.3 Å². The summed E-state index contributed by atoms with van der Waals surface area (Å²) < 4.78 is 66.4. The Kier molecular flexibility index (Phi) is 5.79. The number of ether oxygens (including phenoxy) is 1. The van der Waals surface area contributed by atoms with Gasteiger partial charge in [0.2, 0.25) is 0 Å². The molecule has 0 radical (unpaired) electrons. The molecule has 2 aromatic rings. The fourth-order valence-electron chi connectivity index (χ4n) is 2.94. The minimum absolute atomic E-state index is 0.119. The van der Waals surface area contributed by atoms with E-state index in [2.05, 4.69) is 14.6 Å². The molecule has 9 heteroatoms. The predicted octanol–water partition coefficient (Wildman–Crippen LogP) is 4.02. The lowest BCUT2D eigenvalue weighted by Crippen LogP contribution is -2.46. The van der Waals surface area contributed by atoms with Crippen LogP contribution in [0.4, 0.5) is 27.6 Å². The van der Waals surface area contributed by atoms with Crippen LogP contribution in [0.2, 0.25) is 0 Å². The van der Waals surface area contributed by atoms with Crippen molar-refractivity contribution in [1.29, 1.82) is 0 Å². The van der Waals surface area contributed by atoms with E-state index in [0.29, 0.717) is 25.3 Å². The summed E-state index contributed by atoms with van der Waals surface area (Å²) in [6.45, 7) is 0.614. The number of halogens is 5. The number of anilines is 1. The maximum Gasteiger partial charge on any atom is 0.433 e. The van der Waals surface area contributed by atoms with Crippen LogP contribution < -0.4 is 9.64 Å². The molecule has 3 rings (SSSR count). The van der Waals surface area contributed by atoms with Crippen LogP contribution in [0.25, 0.3) is 0 Å². The highest BCUT2D eigenvalue weighted by atomic mass is 19.4. The van der Waals surface area contributed by atoms with E-state index in [-0.39, 0.29) is 5.75 Å². The zero-order chi connectivity index (χ0) is 19.4. The van der Waals surface area contributed by atoms with Gasteiger partial charge in [0.15, 0.2) is 0 Å². The number of nitrogens with zero attached hydrogens (tertiary/aromatic N) is 3. The van der Waals surface area contributed by atoms with Crippen molar-refractivity contribution in [3.05, 3.63) is 53.9 Å². The predicted molar refractivity (Wildman–Crippen MR) is 89.8 cm³/mol. The smallest absolute Gasteiger partial charge is 0.433 e. The first-order valence-electron chi connectivity index (χ1n) is 8.35. The number of alkyl halides is 5. The Bertz CT molecular complexity index is 726. The van der Waals surface area contributed by atoms with Crippen LogP contribution >= 0.6 is 0 Å². The van der Waals surface area contributed by atoms with Gasteiger partial charge in [-0.3, -0.25) is 4.90 Å². The van der Waals surface area contributed by atoms with Gasteiger partial charge in [-0.2, -0.15) is 22.0 Å². The molecule has 4 nitrogen and oxygen atoms in total. The van der Waals surface area contributed by atoms with Crippen molar-refractivity contribution in [3.63, 3.8) is 0 Å². The van der Waals surface area contributed by atoms with Gasteiger partial charge in [0.25, 0.3) is 0 Å². The van der Waals surface area contributed by atoms with Gasteiger partial charge in [-0.1, -0.05) is 12.1 Å². The summed E-state index contributed by atoms with van der Waals surface area (Å²) in [5.74, 6) is 0.119. The third kappa shape index (κ3) is 5.29. The van der Waals surface area contributed by atoms with E-state index in [4.69, 9.17) is 0 Å². The number of hydrogen-bond donors (Lipinski definition) is 0. The van der Waals surface area contributed by atoms with Gasteiger partial charge in [0.1, 0.15) is 11.4 Å². The highest BCUT2D eigenvalue weighted by Crippen LogP contribution is 2.28. The Morgan fingerprint density at radius 2 is 1.63 bits per heavy atom. The van der Waals surface area contributed by atoms with Crippen LogP contribution in [-0.2, 0) is 12.7 Å². The lowest BCUT2D eigenvalue weighted by molar-refractivity contribution is -0.141. The van der Waals surface area contributed by atoms with Crippen LogP contribution in [0.15, 0.2) is 42.6 Å². The van der Waals surface area contributed by atoms with Crippen molar-refractivity contribution in [2.45, 2.75) is 19.3 Å². The second kappa shape index (κ2) is 8.08. The largest absolute Gasteiger partial charge is 0.435 e. The minimum atomic E-state index is -4.44. The number of aromatic nitrogens is 1. The van der Waals surface area contributed by atoms with E-state index in [1.54, 1.807) is 12.1 Å². The first-order valence-corrected chi connectivity index (χ1v) is 8.35. The lowest BCUT2D eigenvalue weighted by atomic mass is 10.2. The van der Waals surface area contributed by atoms with E-state index >= 15 is 0 Å². The van der Waals surface area contributed by atoms with Crippen LogP contribution in [0.3, 0.4) is 0 Å². The highest BCUT2D eigenvalue weighted by Gasteiger charge is 2.32. The van der Waals surface area contributed by atoms with Crippen LogP contribution in [0, 0.1) is 0 Å². The third-order valence-corrected chi connectivity index (χ3v) is 4.33. The molecule has 0 spiro atoms. The Balaban J connectivity index is 1.51. The molecule has 0 saturated carbocycles. The van der Waals surface area contributed by atoms with E-state index < -0.39 is 18.5 Å². The van der Waals surface area contributed by atoms with Crippen molar-refractivity contribution < 1.29 is 26.7 Å². The van der Waals surface area contributed by atoms with Gasteiger partial charge in [0, 0.05) is 32.7 Å². The standard InChI is InChI=1S/C18H18F5N3O/c19-17(20)27-15-4-1-13(2-5-15)12-25-7-9-26(10-8-25)14-3-6-16(24-11-14)18(21,22)23/h1-6,11,17H,7-10,12H2. The van der Waals surface area contributed by atoms with Crippen molar-refractivity contribution in [3.8, 4) is 5.75 Å². The van der Waals surface area contributed by atoms with Gasteiger partial charge < -0.3 is 9.64 Å². The van der Waals surface area contributed by atoms with Gasteiger partial charge in [-0.25, -0.2) is 4.98 Å². The maximum atomic E-state index is 12.6. The molecule has 1 aliphatic heterocycles. The molecule has 0 N–H and O–H groups in total. The normalized spacial score (nSPS) is 16.0. The first-order chi connectivity index (χ1) is 12.8. The van der Waals surface area contributed by atoms with Crippen molar-refractivity contribution in [2.24, 2.45) is 0 Å². The molecule has 1 aliphatic rings. The fraction of sp³-hybridized carbons (Fsp3) is 0.389. The average molecular weight is 387 g/mol. The molecular formula is C18H18F5N3O. The van der Waals surface area contributed by atoms with Gasteiger partial charge in [-0.05, 0) is 29.8 Å². The average Bonchev–Trinajstić information content (AvgIpc) is 2.63. The number of hydrogen-bond acceptors (Lipinski definition) is 4.